The molecule has 1 unspecified atom stereocenters. The largest absolute Gasteiger partial charge is 0.452 e. The van der Waals surface area contributed by atoms with E-state index in [1.54, 1.807) is 0 Å². The Kier molecular flexibility index (Phi) is 4.88. The number of alkyl halides is 3. The molecule has 1 heterocycles. The molecule has 0 saturated heterocycles. The van der Waals surface area contributed by atoms with Crippen molar-refractivity contribution in [3.8, 4) is 5.88 Å². The number of halogens is 4. The summed E-state index contributed by atoms with van der Waals surface area (Å²) in [6.07, 6.45) is -1.88. The second-order valence-electron chi connectivity index (χ2n) is 4.37. The fourth-order valence-electron chi connectivity index (χ4n) is 1.36. The minimum Gasteiger partial charge on any atom is -0.452 e. The van der Waals surface area contributed by atoms with E-state index in [0.717, 1.165) is 6.07 Å². The summed E-state index contributed by atoms with van der Waals surface area (Å²) in [5.41, 5.74) is 9.65. The number of nitrogens with zero attached hydrogens (tertiary/aromatic N) is 1. The molecule has 0 amide bonds. The van der Waals surface area contributed by atoms with Crippen molar-refractivity contribution in [1.29, 1.82) is 0 Å². The zero-order valence-corrected chi connectivity index (χ0v) is 11.7. The molecule has 0 spiro atoms. The van der Waals surface area contributed by atoms with Gasteiger partial charge in [-0.15, -0.1) is 0 Å². The van der Waals surface area contributed by atoms with Gasteiger partial charge in [0.1, 0.15) is 5.02 Å². The lowest BCUT2D eigenvalue weighted by Gasteiger charge is -2.23. The van der Waals surface area contributed by atoms with Crippen LogP contribution in [0.25, 0.3) is 0 Å². The Balaban J connectivity index is 3.00. The van der Waals surface area contributed by atoms with Crippen LogP contribution in [0.2, 0.25) is 5.02 Å². The average Bonchev–Trinajstić information content (AvgIpc) is 2.29. The lowest BCUT2D eigenvalue weighted by atomic mass is 10.2. The van der Waals surface area contributed by atoms with Crippen molar-refractivity contribution in [2.75, 3.05) is 0 Å². The van der Waals surface area contributed by atoms with E-state index in [-0.39, 0.29) is 10.9 Å². The summed E-state index contributed by atoms with van der Waals surface area (Å²) in [6, 6.07) is 0.729. The Morgan fingerprint density at radius 2 is 2.10 bits per heavy atom. The van der Waals surface area contributed by atoms with E-state index in [1.165, 1.54) is 13.0 Å². The minimum atomic E-state index is -4.52. The van der Waals surface area contributed by atoms with Gasteiger partial charge in [0.05, 0.1) is 5.56 Å². The molecule has 0 aliphatic heterocycles. The predicted molar refractivity (Wildman–Crippen MR) is 70.0 cm³/mol. The van der Waals surface area contributed by atoms with Gasteiger partial charge in [-0.25, -0.2) is 4.98 Å². The number of hydrogen-bond donors (Lipinski definition) is 2. The van der Waals surface area contributed by atoms with Gasteiger partial charge in [-0.1, -0.05) is 18.5 Å². The highest BCUT2D eigenvalue weighted by Gasteiger charge is 2.32. The van der Waals surface area contributed by atoms with E-state index >= 15 is 0 Å². The third kappa shape index (κ3) is 4.57. The van der Waals surface area contributed by atoms with Gasteiger partial charge in [0, 0.05) is 11.9 Å². The molecule has 8 heteroatoms. The van der Waals surface area contributed by atoms with Crippen LogP contribution in [0.1, 0.15) is 25.8 Å². The van der Waals surface area contributed by atoms with Crippen molar-refractivity contribution in [2.24, 2.45) is 11.5 Å². The van der Waals surface area contributed by atoms with E-state index in [9.17, 15) is 13.2 Å². The molecule has 1 rings (SSSR count). The maximum Gasteiger partial charge on any atom is 0.417 e. The lowest BCUT2D eigenvalue weighted by molar-refractivity contribution is -0.137. The molecule has 0 fully saturated rings. The summed E-state index contributed by atoms with van der Waals surface area (Å²) >= 11 is 5.72. The standard InChI is InChI=1S/C12H15ClF3N3O/c1-3-8(17)5-11(2,18)20-10-9(13)4-7(6-19-10)12(14,15)16/h4-6H,3,17-18H2,1-2H3/b8-5-. The molecule has 1 aromatic heterocycles. The van der Waals surface area contributed by atoms with Gasteiger partial charge in [0.15, 0.2) is 5.72 Å². The number of hydrogen-bond acceptors (Lipinski definition) is 4. The summed E-state index contributed by atoms with van der Waals surface area (Å²) in [5, 5.41) is -0.278. The van der Waals surface area contributed by atoms with E-state index in [2.05, 4.69) is 4.98 Å². The molecule has 112 valence electrons. The first-order valence-corrected chi connectivity index (χ1v) is 6.11. The van der Waals surface area contributed by atoms with Crippen LogP contribution in [0.15, 0.2) is 24.0 Å². The van der Waals surface area contributed by atoms with Crippen molar-refractivity contribution in [3.63, 3.8) is 0 Å². The van der Waals surface area contributed by atoms with Gasteiger partial charge in [-0.05, 0) is 25.5 Å². The number of ether oxygens (including phenoxy) is 1. The first-order valence-electron chi connectivity index (χ1n) is 5.73. The zero-order valence-electron chi connectivity index (χ0n) is 11.0. The first-order chi connectivity index (χ1) is 9.05. The van der Waals surface area contributed by atoms with Gasteiger partial charge >= 0.3 is 6.18 Å². The number of nitrogens with two attached hydrogens (primary N) is 2. The molecular weight excluding hydrogens is 295 g/mol. The van der Waals surface area contributed by atoms with E-state index in [4.69, 9.17) is 27.8 Å². The van der Waals surface area contributed by atoms with Crippen LogP contribution in [0.3, 0.4) is 0 Å². The topological polar surface area (TPSA) is 74.2 Å². The quantitative estimate of drug-likeness (QED) is 0.838. The van der Waals surface area contributed by atoms with Crippen LogP contribution < -0.4 is 16.2 Å². The molecule has 0 bridgehead atoms. The third-order valence-electron chi connectivity index (χ3n) is 2.33. The average molecular weight is 310 g/mol. The van der Waals surface area contributed by atoms with Gasteiger partial charge in [-0.3, -0.25) is 5.73 Å². The molecule has 0 aliphatic rings. The van der Waals surface area contributed by atoms with E-state index < -0.39 is 17.5 Å². The predicted octanol–water partition coefficient (Wildman–Crippen LogP) is 3.06. The van der Waals surface area contributed by atoms with Gasteiger partial charge in [0.25, 0.3) is 0 Å². The summed E-state index contributed by atoms with van der Waals surface area (Å²) in [6.45, 7) is 3.32. The van der Waals surface area contributed by atoms with Gasteiger partial charge in [-0.2, -0.15) is 13.2 Å². The second kappa shape index (κ2) is 5.88. The van der Waals surface area contributed by atoms with Crippen LogP contribution in [0.4, 0.5) is 13.2 Å². The lowest BCUT2D eigenvalue weighted by Crippen LogP contribution is -2.41. The molecule has 4 nitrogen and oxygen atoms in total. The Bertz CT molecular complexity index is 515. The van der Waals surface area contributed by atoms with Crippen LogP contribution >= 0.6 is 11.6 Å². The van der Waals surface area contributed by atoms with Crippen molar-refractivity contribution in [2.45, 2.75) is 32.2 Å². The van der Waals surface area contributed by atoms with Crippen molar-refractivity contribution < 1.29 is 17.9 Å². The van der Waals surface area contributed by atoms with Crippen molar-refractivity contribution in [3.05, 3.63) is 34.6 Å². The van der Waals surface area contributed by atoms with Crippen LogP contribution in [0.5, 0.6) is 5.88 Å². The third-order valence-corrected chi connectivity index (χ3v) is 2.60. The Morgan fingerprint density at radius 3 is 2.55 bits per heavy atom. The summed E-state index contributed by atoms with van der Waals surface area (Å²) < 4.78 is 42.7. The highest BCUT2D eigenvalue weighted by molar-refractivity contribution is 6.31. The molecule has 0 radical (unpaired) electrons. The van der Waals surface area contributed by atoms with E-state index in [0.29, 0.717) is 18.3 Å². The van der Waals surface area contributed by atoms with Crippen LogP contribution in [-0.4, -0.2) is 10.7 Å². The SMILES string of the molecule is CC/C(N)=C/C(C)(N)Oc1ncc(C(F)(F)F)cc1Cl. The highest BCUT2D eigenvalue weighted by Crippen LogP contribution is 2.33. The van der Waals surface area contributed by atoms with Crippen LogP contribution in [-0.2, 0) is 6.18 Å². The minimum absolute atomic E-state index is 0.190. The monoisotopic (exact) mass is 309 g/mol. The van der Waals surface area contributed by atoms with E-state index in [1.807, 2.05) is 6.92 Å². The summed E-state index contributed by atoms with van der Waals surface area (Å²) in [5.74, 6) is -0.190. The fraction of sp³-hybridized carbons (Fsp3) is 0.417. The van der Waals surface area contributed by atoms with Gasteiger partial charge in [0.2, 0.25) is 5.88 Å². The normalized spacial score (nSPS) is 15.8. The van der Waals surface area contributed by atoms with Crippen LogP contribution in [0, 0.1) is 0 Å². The molecule has 1 atom stereocenters. The Hall–Kier alpha value is -1.47. The highest BCUT2D eigenvalue weighted by atomic mass is 35.5. The maximum atomic E-state index is 12.5. The number of rotatable bonds is 4. The second-order valence-corrected chi connectivity index (χ2v) is 4.77. The molecule has 20 heavy (non-hydrogen) atoms. The molecule has 1 aromatic rings. The fourth-order valence-corrected chi connectivity index (χ4v) is 1.57. The number of pyridine rings is 1. The zero-order chi connectivity index (χ0) is 15.6. The summed E-state index contributed by atoms with van der Waals surface area (Å²) in [4.78, 5) is 3.54. The van der Waals surface area contributed by atoms with Gasteiger partial charge < -0.3 is 10.5 Å². The first kappa shape index (κ1) is 16.6. The molecule has 4 N–H and O–H groups in total. The Labute approximate surface area is 119 Å². The summed E-state index contributed by atoms with van der Waals surface area (Å²) in [7, 11) is 0. The molecular formula is C12H15ClF3N3O. The molecule has 0 aliphatic carbocycles. The number of allylic oxidation sites excluding steroid dienone is 1. The maximum absolute atomic E-state index is 12.5. The molecule has 0 aromatic carbocycles. The molecule has 0 saturated carbocycles. The smallest absolute Gasteiger partial charge is 0.417 e. The van der Waals surface area contributed by atoms with Crippen molar-refractivity contribution in [1.82, 2.24) is 4.98 Å². The Morgan fingerprint density at radius 1 is 1.50 bits per heavy atom. The number of aromatic nitrogens is 1. The van der Waals surface area contributed by atoms with Crippen molar-refractivity contribution >= 4 is 11.6 Å².